The number of aliphatic hydroxyl groups is 1. The summed E-state index contributed by atoms with van der Waals surface area (Å²) >= 11 is 0. The molecule has 0 saturated heterocycles. The maximum atomic E-state index is 9.65. The van der Waals surface area contributed by atoms with Crippen molar-refractivity contribution in [2.45, 2.75) is 6.04 Å². The zero-order valence-corrected chi connectivity index (χ0v) is 5.60. The zero-order chi connectivity index (χ0) is 9.44. The number of primary amides is 1. The first-order chi connectivity index (χ1) is 4.91. The fourth-order valence-corrected chi connectivity index (χ4v) is 0.0781. The minimum absolute atomic E-state index is 0.505. The summed E-state index contributed by atoms with van der Waals surface area (Å²) < 4.78 is 0. The standard InChI is InChI=1S/C3H7NO3.CH3NO2/c4-2(1-5)3(6)7;2-1(3)4/h2,5H,1,4H2,(H,6,7);2H2,(H,3,4). The number of carbonyl (C=O) groups is 2. The number of rotatable bonds is 2. The second-order valence-electron chi connectivity index (χ2n) is 1.47. The SMILES string of the molecule is NC(=O)O.NC(CO)C(=O)O. The van der Waals surface area contributed by atoms with Crippen LogP contribution in [0.5, 0.6) is 0 Å². The minimum atomic E-state index is -1.33. The molecule has 0 spiro atoms. The largest absolute Gasteiger partial charge is 0.480 e. The predicted molar refractivity (Wildman–Crippen MR) is 34.9 cm³/mol. The molecule has 7 nitrogen and oxygen atoms in total. The first kappa shape index (κ1) is 12.3. The Morgan fingerprint density at radius 1 is 1.36 bits per heavy atom. The van der Waals surface area contributed by atoms with Crippen molar-refractivity contribution in [1.29, 1.82) is 0 Å². The van der Waals surface area contributed by atoms with Crippen LogP contribution in [0.25, 0.3) is 0 Å². The average Bonchev–Trinajstić information content (AvgIpc) is 1.85. The summed E-state index contributed by atoms with van der Waals surface area (Å²) in [7, 11) is 0. The maximum Gasteiger partial charge on any atom is 0.402 e. The molecule has 0 bridgehead atoms. The Morgan fingerprint density at radius 3 is 1.64 bits per heavy atom. The number of amides is 1. The highest BCUT2D eigenvalue weighted by molar-refractivity contribution is 5.73. The Morgan fingerprint density at radius 2 is 1.64 bits per heavy atom. The van der Waals surface area contributed by atoms with Gasteiger partial charge >= 0.3 is 12.1 Å². The van der Waals surface area contributed by atoms with E-state index in [4.69, 9.17) is 25.8 Å². The van der Waals surface area contributed by atoms with E-state index in [9.17, 15) is 4.79 Å². The van der Waals surface area contributed by atoms with Gasteiger partial charge in [0.05, 0.1) is 6.61 Å². The first-order valence-corrected chi connectivity index (χ1v) is 2.49. The summed E-state index contributed by atoms with van der Waals surface area (Å²) in [6.45, 7) is -0.505. The van der Waals surface area contributed by atoms with Gasteiger partial charge in [-0.1, -0.05) is 0 Å². The molecule has 7 N–H and O–H groups in total. The van der Waals surface area contributed by atoms with Gasteiger partial charge in [0.2, 0.25) is 0 Å². The van der Waals surface area contributed by atoms with Crippen molar-refractivity contribution in [2.24, 2.45) is 11.5 Å². The van der Waals surface area contributed by atoms with Gasteiger partial charge in [0, 0.05) is 0 Å². The van der Waals surface area contributed by atoms with E-state index >= 15 is 0 Å². The monoisotopic (exact) mass is 166 g/mol. The van der Waals surface area contributed by atoms with E-state index in [1.807, 2.05) is 0 Å². The lowest BCUT2D eigenvalue weighted by molar-refractivity contribution is -0.139. The molecule has 0 aromatic rings. The highest BCUT2D eigenvalue weighted by atomic mass is 16.4. The third kappa shape index (κ3) is 17.7. The maximum absolute atomic E-state index is 9.65. The lowest BCUT2D eigenvalue weighted by Crippen LogP contribution is -2.33. The van der Waals surface area contributed by atoms with Crippen molar-refractivity contribution in [3.63, 3.8) is 0 Å². The summed E-state index contributed by atoms with van der Waals surface area (Å²) in [6.07, 6.45) is -1.33. The van der Waals surface area contributed by atoms with Crippen molar-refractivity contribution >= 4 is 12.1 Å². The predicted octanol–water partition coefficient (Wildman–Crippen LogP) is -1.99. The summed E-state index contributed by atoms with van der Waals surface area (Å²) in [6, 6.07) is -1.13. The second kappa shape index (κ2) is 6.78. The zero-order valence-electron chi connectivity index (χ0n) is 5.60. The molecule has 0 rings (SSSR count). The summed E-state index contributed by atoms with van der Waals surface area (Å²) in [5, 5.41) is 23.1. The number of carboxylic acid groups (broad SMARTS) is 2. The van der Waals surface area contributed by atoms with Gasteiger partial charge in [-0.2, -0.15) is 0 Å². The molecule has 1 atom stereocenters. The number of hydrogen-bond donors (Lipinski definition) is 5. The van der Waals surface area contributed by atoms with E-state index in [0.29, 0.717) is 0 Å². The molecule has 0 saturated carbocycles. The highest BCUT2D eigenvalue weighted by Gasteiger charge is 2.06. The third-order valence-corrected chi connectivity index (χ3v) is 0.514. The Labute approximate surface area is 62.2 Å². The molecular formula is C4H10N2O5. The normalized spacial score (nSPS) is 10.7. The van der Waals surface area contributed by atoms with Crippen LogP contribution in [0, 0.1) is 0 Å². The molecule has 0 fully saturated rings. The van der Waals surface area contributed by atoms with Crippen LogP contribution >= 0.6 is 0 Å². The van der Waals surface area contributed by atoms with Gasteiger partial charge in [0.15, 0.2) is 0 Å². The van der Waals surface area contributed by atoms with Crippen molar-refractivity contribution in [3.8, 4) is 0 Å². The molecule has 1 amide bonds. The van der Waals surface area contributed by atoms with Crippen molar-refractivity contribution in [2.75, 3.05) is 6.61 Å². The number of nitrogens with two attached hydrogens (primary N) is 2. The van der Waals surface area contributed by atoms with E-state index in [1.165, 1.54) is 0 Å². The number of aliphatic carboxylic acids is 1. The Kier molecular flexibility index (Phi) is 7.61. The molecule has 7 heteroatoms. The van der Waals surface area contributed by atoms with E-state index in [-0.39, 0.29) is 0 Å². The lowest BCUT2D eigenvalue weighted by Gasteiger charge is -1.96. The minimum Gasteiger partial charge on any atom is -0.480 e. The molecular weight excluding hydrogens is 156 g/mol. The third-order valence-electron chi connectivity index (χ3n) is 0.514. The molecule has 0 aliphatic rings. The van der Waals surface area contributed by atoms with Crippen LogP contribution in [0.15, 0.2) is 0 Å². The molecule has 0 radical (unpaired) electrons. The molecule has 0 aromatic carbocycles. The Balaban J connectivity index is 0. The van der Waals surface area contributed by atoms with Crippen LogP contribution in [-0.4, -0.2) is 40.0 Å². The highest BCUT2D eigenvalue weighted by Crippen LogP contribution is 1.71. The molecule has 66 valence electrons. The van der Waals surface area contributed by atoms with Crippen LogP contribution in [-0.2, 0) is 4.79 Å². The molecule has 11 heavy (non-hydrogen) atoms. The van der Waals surface area contributed by atoms with Gasteiger partial charge < -0.3 is 26.8 Å². The van der Waals surface area contributed by atoms with Crippen molar-refractivity contribution in [1.82, 2.24) is 0 Å². The lowest BCUT2D eigenvalue weighted by atomic mass is 10.3. The van der Waals surface area contributed by atoms with Gasteiger partial charge in [-0.05, 0) is 0 Å². The van der Waals surface area contributed by atoms with Gasteiger partial charge in [-0.15, -0.1) is 0 Å². The van der Waals surface area contributed by atoms with E-state index in [1.54, 1.807) is 0 Å². The van der Waals surface area contributed by atoms with Crippen LogP contribution < -0.4 is 11.5 Å². The smallest absolute Gasteiger partial charge is 0.402 e. The van der Waals surface area contributed by atoms with E-state index in [0.717, 1.165) is 0 Å². The first-order valence-electron chi connectivity index (χ1n) is 2.49. The molecule has 0 aromatic heterocycles. The van der Waals surface area contributed by atoms with Gasteiger partial charge in [0.25, 0.3) is 0 Å². The van der Waals surface area contributed by atoms with E-state index in [2.05, 4.69) is 5.73 Å². The summed E-state index contributed by atoms with van der Waals surface area (Å²) in [5.74, 6) is -1.18. The molecule has 1 unspecified atom stereocenters. The van der Waals surface area contributed by atoms with Crippen LogP contribution in [0.3, 0.4) is 0 Å². The van der Waals surface area contributed by atoms with Crippen LogP contribution in [0.1, 0.15) is 0 Å². The Hall–Kier alpha value is -1.34. The number of carboxylic acids is 1. The second-order valence-corrected chi connectivity index (χ2v) is 1.47. The number of aliphatic hydroxyl groups excluding tert-OH is 1. The quantitative estimate of drug-likeness (QED) is 0.321. The Bertz CT molecular complexity index is 132. The van der Waals surface area contributed by atoms with Gasteiger partial charge in [-0.3, -0.25) is 4.79 Å². The molecule has 0 aliphatic heterocycles. The van der Waals surface area contributed by atoms with Crippen LogP contribution in [0.2, 0.25) is 0 Å². The topological polar surface area (TPSA) is 147 Å². The van der Waals surface area contributed by atoms with Gasteiger partial charge in [0.1, 0.15) is 6.04 Å². The van der Waals surface area contributed by atoms with E-state index < -0.39 is 24.7 Å². The fraction of sp³-hybridized carbons (Fsp3) is 0.500. The summed E-state index contributed by atoms with van der Waals surface area (Å²) in [5.41, 5.74) is 8.79. The van der Waals surface area contributed by atoms with Gasteiger partial charge in [-0.25, -0.2) is 4.79 Å². The van der Waals surface area contributed by atoms with Crippen molar-refractivity contribution < 1.29 is 24.9 Å². The number of hydrogen-bond acceptors (Lipinski definition) is 4. The van der Waals surface area contributed by atoms with Crippen LogP contribution in [0.4, 0.5) is 4.79 Å². The molecule has 0 aliphatic carbocycles. The molecule has 0 heterocycles. The summed E-state index contributed by atoms with van der Waals surface area (Å²) in [4.78, 5) is 18.4. The fourth-order valence-electron chi connectivity index (χ4n) is 0.0781. The van der Waals surface area contributed by atoms with Crippen molar-refractivity contribution in [3.05, 3.63) is 0 Å². The average molecular weight is 166 g/mol.